The largest absolute Gasteiger partial charge is 0.494 e. The number of hydrogen-bond donors (Lipinski definition) is 1. The highest BCUT2D eigenvalue weighted by Gasteiger charge is 2.36. The van der Waals surface area contributed by atoms with Crippen molar-refractivity contribution >= 4 is 29.6 Å². The highest BCUT2D eigenvalue weighted by molar-refractivity contribution is 6.30. The Morgan fingerprint density at radius 3 is 2.56 bits per heavy atom. The topological polar surface area (TPSA) is 132 Å². The minimum Gasteiger partial charge on any atom is -0.494 e. The smallest absolute Gasteiger partial charge is 0.331 e. The summed E-state index contributed by atoms with van der Waals surface area (Å²) in [6, 6.07) is 15.4. The third kappa shape index (κ3) is 4.56. The number of furan rings is 1. The number of nitro benzene ring substituents is 1. The summed E-state index contributed by atoms with van der Waals surface area (Å²) in [7, 11) is 0. The Morgan fingerprint density at radius 1 is 1.09 bits per heavy atom. The van der Waals surface area contributed by atoms with Crippen LogP contribution in [0.25, 0.3) is 17.4 Å². The lowest BCUT2D eigenvalue weighted by atomic mass is 10.1. The maximum Gasteiger partial charge on any atom is 0.331 e. The normalized spacial score (nSPS) is 14.9. The molecule has 3 aromatic rings. The van der Waals surface area contributed by atoms with Gasteiger partial charge in [0.1, 0.15) is 22.8 Å². The molecule has 0 atom stereocenters. The van der Waals surface area contributed by atoms with Crippen LogP contribution in [0.15, 0.2) is 70.7 Å². The van der Waals surface area contributed by atoms with Crippen molar-refractivity contribution in [2.75, 3.05) is 6.61 Å². The lowest BCUT2D eigenvalue weighted by Gasteiger charge is -2.26. The van der Waals surface area contributed by atoms with E-state index in [0.717, 1.165) is 4.90 Å². The van der Waals surface area contributed by atoms with Gasteiger partial charge in [-0.15, -0.1) is 0 Å². The van der Waals surface area contributed by atoms with Crippen LogP contribution in [-0.2, 0) is 16.1 Å². The van der Waals surface area contributed by atoms with Crippen LogP contribution in [0.5, 0.6) is 5.75 Å². The van der Waals surface area contributed by atoms with Crippen molar-refractivity contribution in [1.82, 2.24) is 10.2 Å². The van der Waals surface area contributed by atoms with Crippen LogP contribution in [0.4, 0.5) is 10.5 Å². The van der Waals surface area contributed by atoms with Crippen molar-refractivity contribution in [3.05, 3.63) is 87.7 Å². The second kappa shape index (κ2) is 9.41. The van der Waals surface area contributed by atoms with Crippen molar-refractivity contribution in [3.63, 3.8) is 0 Å². The molecule has 0 radical (unpaired) electrons. The molecular formula is C24H19N3O7. The number of imide groups is 2. The molecule has 1 aliphatic heterocycles. The molecule has 1 aromatic heterocycles. The van der Waals surface area contributed by atoms with Gasteiger partial charge in [0.15, 0.2) is 0 Å². The molecule has 2 heterocycles. The first-order valence-corrected chi connectivity index (χ1v) is 10.3. The quantitative estimate of drug-likeness (QED) is 0.244. The summed E-state index contributed by atoms with van der Waals surface area (Å²) in [4.78, 5) is 49.4. The van der Waals surface area contributed by atoms with E-state index in [-0.39, 0.29) is 34.9 Å². The van der Waals surface area contributed by atoms with E-state index >= 15 is 0 Å². The Hall–Kier alpha value is -4.73. The maximum atomic E-state index is 12.9. The van der Waals surface area contributed by atoms with Gasteiger partial charge in [0.05, 0.1) is 29.7 Å². The number of urea groups is 1. The average molecular weight is 461 g/mol. The molecule has 1 fully saturated rings. The molecule has 0 unspecified atom stereocenters. The summed E-state index contributed by atoms with van der Waals surface area (Å²) in [5.74, 6) is -1.00. The van der Waals surface area contributed by atoms with Gasteiger partial charge in [-0.3, -0.25) is 29.9 Å². The summed E-state index contributed by atoms with van der Waals surface area (Å²) in [5, 5.41) is 13.7. The fourth-order valence-corrected chi connectivity index (χ4v) is 3.45. The molecule has 172 valence electrons. The first-order chi connectivity index (χ1) is 16.4. The maximum absolute atomic E-state index is 12.9. The van der Waals surface area contributed by atoms with E-state index in [4.69, 9.17) is 9.15 Å². The number of rotatable bonds is 7. The number of ether oxygens (including phenoxy) is 1. The van der Waals surface area contributed by atoms with Crippen molar-refractivity contribution in [2.24, 2.45) is 0 Å². The molecule has 1 saturated heterocycles. The second-order valence-corrected chi connectivity index (χ2v) is 7.27. The third-order valence-corrected chi connectivity index (χ3v) is 5.03. The molecule has 0 aliphatic carbocycles. The summed E-state index contributed by atoms with van der Waals surface area (Å²) < 4.78 is 11.0. The Balaban J connectivity index is 1.63. The zero-order chi connectivity index (χ0) is 24.2. The van der Waals surface area contributed by atoms with Gasteiger partial charge < -0.3 is 9.15 Å². The number of barbiturate groups is 1. The molecule has 0 saturated carbocycles. The summed E-state index contributed by atoms with van der Waals surface area (Å²) in [6.45, 7) is 2.11. The van der Waals surface area contributed by atoms with Gasteiger partial charge in [-0.2, -0.15) is 0 Å². The van der Waals surface area contributed by atoms with E-state index in [9.17, 15) is 24.5 Å². The molecule has 4 amide bonds. The van der Waals surface area contributed by atoms with E-state index in [0.29, 0.717) is 17.9 Å². The fourth-order valence-electron chi connectivity index (χ4n) is 3.45. The SMILES string of the molecule is CCOc1ccc(-c2ccc(C=C3C(=O)NC(=O)N(Cc4ccccc4)C3=O)o2)c([N+](=O)[O-])c1. The average Bonchev–Trinajstić information content (AvgIpc) is 3.29. The first-order valence-electron chi connectivity index (χ1n) is 10.3. The van der Waals surface area contributed by atoms with Gasteiger partial charge in [0, 0.05) is 0 Å². The molecule has 34 heavy (non-hydrogen) atoms. The highest BCUT2D eigenvalue weighted by atomic mass is 16.6. The zero-order valence-corrected chi connectivity index (χ0v) is 18.0. The first kappa shape index (κ1) is 22.5. The Bertz CT molecular complexity index is 1310. The van der Waals surface area contributed by atoms with Gasteiger partial charge in [-0.25, -0.2) is 4.79 Å². The summed E-state index contributed by atoms with van der Waals surface area (Å²) in [5.41, 5.74) is 0.407. The standard InChI is InChI=1S/C24H19N3O7/c1-2-33-16-8-10-18(20(13-16)27(31)32)21-11-9-17(34-21)12-19-22(28)25-24(30)26(23(19)29)14-15-6-4-3-5-7-15/h3-13H,2,14H2,1H3,(H,25,28,30). The predicted octanol–water partition coefficient (Wildman–Crippen LogP) is 3.92. The van der Waals surface area contributed by atoms with Crippen LogP contribution in [-0.4, -0.2) is 34.3 Å². The van der Waals surface area contributed by atoms with E-state index in [2.05, 4.69) is 5.32 Å². The lowest BCUT2D eigenvalue weighted by molar-refractivity contribution is -0.384. The fraction of sp³-hybridized carbons (Fsp3) is 0.125. The molecule has 0 spiro atoms. The highest BCUT2D eigenvalue weighted by Crippen LogP contribution is 2.34. The lowest BCUT2D eigenvalue weighted by Crippen LogP contribution is -2.53. The number of carbonyl (C=O) groups is 3. The van der Waals surface area contributed by atoms with Crippen LogP contribution in [0.1, 0.15) is 18.2 Å². The number of hydrogen-bond acceptors (Lipinski definition) is 7. The number of carbonyl (C=O) groups excluding carboxylic acids is 3. The van der Waals surface area contributed by atoms with Crippen LogP contribution in [0.2, 0.25) is 0 Å². The molecule has 1 N–H and O–H groups in total. The van der Waals surface area contributed by atoms with Crippen molar-refractivity contribution in [2.45, 2.75) is 13.5 Å². The predicted molar refractivity (Wildman–Crippen MR) is 120 cm³/mol. The summed E-state index contributed by atoms with van der Waals surface area (Å²) in [6.07, 6.45) is 1.20. The zero-order valence-electron chi connectivity index (χ0n) is 18.0. The number of nitrogens with one attached hydrogen (secondary N) is 1. The Morgan fingerprint density at radius 2 is 1.85 bits per heavy atom. The number of nitro groups is 1. The Labute approximate surface area is 193 Å². The van der Waals surface area contributed by atoms with Crippen LogP contribution in [0.3, 0.4) is 0 Å². The van der Waals surface area contributed by atoms with Gasteiger partial charge in [0.25, 0.3) is 17.5 Å². The van der Waals surface area contributed by atoms with Gasteiger partial charge in [-0.1, -0.05) is 30.3 Å². The molecule has 0 bridgehead atoms. The van der Waals surface area contributed by atoms with Gasteiger partial charge in [0.2, 0.25) is 0 Å². The van der Waals surface area contributed by atoms with Gasteiger partial charge in [-0.05, 0) is 42.8 Å². The number of benzene rings is 2. The third-order valence-electron chi connectivity index (χ3n) is 5.03. The Kier molecular flexibility index (Phi) is 6.22. The monoisotopic (exact) mass is 461 g/mol. The summed E-state index contributed by atoms with van der Waals surface area (Å²) >= 11 is 0. The molecular weight excluding hydrogens is 442 g/mol. The van der Waals surface area contributed by atoms with E-state index in [1.165, 1.54) is 30.3 Å². The van der Waals surface area contributed by atoms with Gasteiger partial charge >= 0.3 is 6.03 Å². The minimum absolute atomic E-state index is 0.0160. The van der Waals surface area contributed by atoms with Crippen LogP contribution >= 0.6 is 0 Å². The number of amides is 4. The van der Waals surface area contributed by atoms with Crippen LogP contribution < -0.4 is 10.1 Å². The molecule has 4 rings (SSSR count). The molecule has 10 heteroatoms. The number of nitrogens with zero attached hydrogens (tertiary/aromatic N) is 2. The molecule has 1 aliphatic rings. The minimum atomic E-state index is -0.857. The van der Waals surface area contributed by atoms with Crippen molar-refractivity contribution in [1.29, 1.82) is 0 Å². The molecule has 2 aromatic carbocycles. The van der Waals surface area contributed by atoms with E-state index in [1.54, 1.807) is 43.3 Å². The molecule has 10 nitrogen and oxygen atoms in total. The van der Waals surface area contributed by atoms with Crippen molar-refractivity contribution in [3.8, 4) is 17.1 Å². The van der Waals surface area contributed by atoms with E-state index < -0.39 is 22.8 Å². The second-order valence-electron chi connectivity index (χ2n) is 7.27. The van der Waals surface area contributed by atoms with Crippen molar-refractivity contribution < 1.29 is 28.5 Å². The van der Waals surface area contributed by atoms with Crippen LogP contribution in [0, 0.1) is 10.1 Å². The van der Waals surface area contributed by atoms with E-state index in [1.807, 2.05) is 0 Å².